The average molecular weight is 563 g/mol. The summed E-state index contributed by atoms with van der Waals surface area (Å²) in [5.74, 6) is 0. The number of alkyl halides is 3. The van der Waals surface area contributed by atoms with Crippen molar-refractivity contribution < 1.29 is 26.4 Å². The molecule has 1 heterocycles. The lowest BCUT2D eigenvalue weighted by Gasteiger charge is -2.16. The first-order chi connectivity index (χ1) is 16.4. The zero-order valence-electron chi connectivity index (χ0n) is 17.3. The van der Waals surface area contributed by atoms with E-state index in [0.29, 0.717) is 32.9 Å². The molecule has 13 heteroatoms. The third kappa shape index (κ3) is 6.24. The molecule has 2 aromatic carbocycles. The summed E-state index contributed by atoms with van der Waals surface area (Å²) in [4.78, 5) is 7.65. The van der Waals surface area contributed by atoms with Crippen molar-refractivity contribution in [2.45, 2.75) is 22.9 Å². The van der Waals surface area contributed by atoms with E-state index < -0.39 is 37.4 Å². The van der Waals surface area contributed by atoms with Crippen LogP contribution in [0.4, 0.5) is 13.2 Å². The third-order valence-corrected chi connectivity index (χ3v) is 7.61. The van der Waals surface area contributed by atoms with Gasteiger partial charge in [0.25, 0.3) is 0 Å². The van der Waals surface area contributed by atoms with Crippen molar-refractivity contribution in [2.24, 2.45) is 5.16 Å². The van der Waals surface area contributed by atoms with Gasteiger partial charge in [-0.2, -0.15) is 18.4 Å². The molecule has 0 radical (unpaired) electrons. The molecule has 1 atom stereocenters. The molecule has 0 amide bonds. The van der Waals surface area contributed by atoms with Gasteiger partial charge in [-0.25, -0.2) is 13.4 Å². The number of oxime groups is 1. The molecule has 1 aromatic heterocycles. The van der Waals surface area contributed by atoms with Crippen LogP contribution in [-0.4, -0.2) is 19.6 Å². The Hall–Kier alpha value is -2.84. The van der Waals surface area contributed by atoms with Crippen molar-refractivity contribution in [3.8, 4) is 6.07 Å². The van der Waals surface area contributed by atoms with Crippen LogP contribution in [0, 0.1) is 11.3 Å². The van der Waals surface area contributed by atoms with Gasteiger partial charge in [0, 0.05) is 26.8 Å². The fourth-order valence-corrected chi connectivity index (χ4v) is 5.20. The Balaban J connectivity index is 2.04. The number of halogens is 6. The minimum atomic E-state index is -4.88. The summed E-state index contributed by atoms with van der Waals surface area (Å²) in [5.41, 5.74) is -1.52. The molecular weight excluding hydrogens is 550 g/mol. The monoisotopic (exact) mass is 561 g/mol. The molecule has 0 unspecified atom stereocenters. The van der Waals surface area contributed by atoms with E-state index in [2.05, 4.69) is 10.1 Å². The number of hydrogen-bond donors (Lipinski definition) is 0. The summed E-state index contributed by atoms with van der Waals surface area (Å²) in [7, 11) is -4.66. The van der Waals surface area contributed by atoms with E-state index in [4.69, 9.17) is 39.6 Å². The highest BCUT2D eigenvalue weighted by Crippen LogP contribution is 2.35. The van der Waals surface area contributed by atoms with E-state index in [1.54, 1.807) is 18.2 Å². The molecule has 6 nitrogen and oxygen atoms in total. The fourth-order valence-electron chi connectivity index (χ4n) is 2.91. The topological polar surface area (TPSA) is 92.4 Å². The van der Waals surface area contributed by atoms with Gasteiger partial charge in [-0.05, 0) is 35.9 Å². The summed E-state index contributed by atoms with van der Waals surface area (Å²) in [5, 5.41) is 12.2. The maximum absolute atomic E-state index is 13.5. The van der Waals surface area contributed by atoms with Gasteiger partial charge in [0.1, 0.15) is 22.8 Å². The number of nitriles is 1. The zero-order chi connectivity index (χ0) is 25.8. The van der Waals surface area contributed by atoms with Gasteiger partial charge in [-0.1, -0.05) is 58.2 Å². The largest absolute Gasteiger partial charge is 0.417 e. The van der Waals surface area contributed by atoms with E-state index in [1.165, 1.54) is 30.3 Å². The number of sulfone groups is 1. The lowest BCUT2D eigenvalue weighted by Crippen LogP contribution is -2.19. The summed E-state index contributed by atoms with van der Waals surface area (Å²) >= 11 is 18.0. The van der Waals surface area contributed by atoms with Gasteiger partial charge in [0.05, 0.1) is 11.8 Å². The van der Waals surface area contributed by atoms with E-state index >= 15 is 0 Å². The van der Waals surface area contributed by atoms with Crippen LogP contribution in [0.5, 0.6) is 0 Å². The molecular formula is C22H13Cl3F3N3O3S. The number of nitrogens with zero attached hydrogens (tertiary/aromatic N) is 3. The Labute approximate surface area is 213 Å². The lowest BCUT2D eigenvalue weighted by molar-refractivity contribution is -0.138. The Morgan fingerprint density at radius 3 is 2.31 bits per heavy atom. The molecule has 3 aromatic rings. The highest BCUT2D eigenvalue weighted by Gasteiger charge is 2.36. The fraction of sp³-hybridized carbons (Fsp3) is 0.136. The molecule has 0 N–H and O–H groups in total. The summed E-state index contributed by atoms with van der Waals surface area (Å²) < 4.78 is 66.6. The minimum absolute atomic E-state index is 0.110. The van der Waals surface area contributed by atoms with Crippen molar-refractivity contribution in [3.05, 3.63) is 92.2 Å². The molecule has 0 aliphatic heterocycles. The van der Waals surface area contributed by atoms with Crippen LogP contribution in [-0.2, 0) is 27.5 Å². The van der Waals surface area contributed by atoms with Crippen LogP contribution >= 0.6 is 34.8 Å². The highest BCUT2D eigenvalue weighted by atomic mass is 35.5. The summed E-state index contributed by atoms with van der Waals surface area (Å²) in [6.45, 7) is -0.211. The van der Waals surface area contributed by atoms with E-state index in [-0.39, 0.29) is 12.2 Å². The zero-order valence-corrected chi connectivity index (χ0v) is 20.4. The van der Waals surface area contributed by atoms with Crippen molar-refractivity contribution >= 4 is 50.9 Å². The predicted molar refractivity (Wildman–Crippen MR) is 125 cm³/mol. The van der Waals surface area contributed by atoms with Crippen LogP contribution in [0.3, 0.4) is 0 Å². The van der Waals surface area contributed by atoms with E-state index in [9.17, 15) is 26.9 Å². The Kier molecular flexibility index (Phi) is 8.28. The quantitative estimate of drug-likeness (QED) is 0.237. The summed E-state index contributed by atoms with van der Waals surface area (Å²) in [6.07, 6.45) is -3.61. The SMILES string of the molecule is N#Cc1ncc(C(F)(F)F)cc1S(=O)(=O)[C@H](/C=N\OCc1c(Cl)cccc1Cl)c1ccc(Cl)cc1. The second-order valence-corrected chi connectivity index (χ2v) is 10.2. The van der Waals surface area contributed by atoms with Crippen LogP contribution in [0.25, 0.3) is 0 Å². The number of hydrogen-bond acceptors (Lipinski definition) is 6. The number of pyridine rings is 1. The lowest BCUT2D eigenvalue weighted by atomic mass is 10.2. The second-order valence-electron chi connectivity index (χ2n) is 6.93. The Morgan fingerprint density at radius 1 is 1.11 bits per heavy atom. The Bertz CT molecular complexity index is 1390. The maximum atomic E-state index is 13.5. The molecule has 0 saturated carbocycles. The standard InChI is InChI=1S/C22H13Cl3F3N3O3S/c23-15-6-4-13(5-7-15)21(11-31-34-12-16-17(24)2-1-3-18(16)25)35(32,33)20-8-14(22(26,27)28)10-30-19(20)9-29/h1-8,10-11,21H,12H2/b31-11-/t21-/m1/s1. The molecule has 3 rings (SSSR count). The van der Waals surface area contributed by atoms with Gasteiger partial charge >= 0.3 is 6.18 Å². The number of benzene rings is 2. The van der Waals surface area contributed by atoms with Crippen molar-refractivity contribution in [1.82, 2.24) is 4.98 Å². The molecule has 0 bridgehead atoms. The smallest absolute Gasteiger partial charge is 0.391 e. The molecule has 0 aliphatic rings. The van der Waals surface area contributed by atoms with E-state index in [0.717, 1.165) is 6.21 Å². The normalized spacial score (nSPS) is 12.9. The minimum Gasteiger partial charge on any atom is -0.391 e. The third-order valence-electron chi connectivity index (χ3n) is 4.67. The van der Waals surface area contributed by atoms with Gasteiger partial charge in [-0.15, -0.1) is 0 Å². The molecule has 35 heavy (non-hydrogen) atoms. The van der Waals surface area contributed by atoms with Crippen LogP contribution in [0.1, 0.15) is 27.6 Å². The summed E-state index contributed by atoms with van der Waals surface area (Å²) in [6, 6.07) is 12.1. The predicted octanol–water partition coefficient (Wildman–Crippen LogP) is 6.65. The van der Waals surface area contributed by atoms with Crippen LogP contribution in [0.15, 0.2) is 64.8 Å². The molecule has 0 aliphatic carbocycles. The second kappa shape index (κ2) is 10.8. The van der Waals surface area contributed by atoms with Crippen molar-refractivity contribution in [3.63, 3.8) is 0 Å². The van der Waals surface area contributed by atoms with Crippen molar-refractivity contribution in [2.75, 3.05) is 0 Å². The number of aromatic nitrogens is 1. The first-order valence-electron chi connectivity index (χ1n) is 9.50. The van der Waals surface area contributed by atoms with Crippen molar-refractivity contribution in [1.29, 1.82) is 5.26 Å². The first kappa shape index (κ1) is 26.8. The van der Waals surface area contributed by atoms with E-state index in [1.807, 2.05) is 0 Å². The Morgan fingerprint density at radius 2 is 1.74 bits per heavy atom. The van der Waals surface area contributed by atoms with Crippen LogP contribution < -0.4 is 0 Å². The average Bonchev–Trinajstić information content (AvgIpc) is 2.80. The molecule has 0 spiro atoms. The molecule has 182 valence electrons. The molecule has 0 saturated heterocycles. The highest BCUT2D eigenvalue weighted by molar-refractivity contribution is 7.92. The van der Waals surface area contributed by atoms with Gasteiger partial charge in [0.15, 0.2) is 15.5 Å². The number of rotatable bonds is 7. The van der Waals surface area contributed by atoms with Gasteiger partial charge in [-0.3, -0.25) is 0 Å². The maximum Gasteiger partial charge on any atom is 0.417 e. The van der Waals surface area contributed by atoms with Gasteiger partial charge in [0.2, 0.25) is 0 Å². The van der Waals surface area contributed by atoms with Gasteiger partial charge < -0.3 is 4.84 Å². The molecule has 0 fully saturated rings. The first-order valence-corrected chi connectivity index (χ1v) is 12.2. The van der Waals surface area contributed by atoms with Crippen LogP contribution in [0.2, 0.25) is 15.1 Å².